The fourth-order valence-electron chi connectivity index (χ4n) is 1.65. The largest absolute Gasteiger partial charge is 0.284 e. The maximum Gasteiger partial charge on any atom is 0.230 e. The minimum absolute atomic E-state index is 0.172. The molecular weight excluding hydrogens is 220 g/mol. The maximum absolute atomic E-state index is 11.4. The van der Waals surface area contributed by atoms with Crippen LogP contribution in [0.25, 0.3) is 0 Å². The van der Waals surface area contributed by atoms with Crippen molar-refractivity contribution in [1.29, 1.82) is 10.5 Å². The van der Waals surface area contributed by atoms with Crippen LogP contribution in [0.15, 0.2) is 0 Å². The van der Waals surface area contributed by atoms with Gasteiger partial charge in [-0.25, -0.2) is 0 Å². The minimum Gasteiger partial charge on any atom is -0.284 e. The molecule has 1 heterocycles. The molecule has 0 aromatic carbocycles. The zero-order valence-corrected chi connectivity index (χ0v) is 9.56. The number of amides is 2. The van der Waals surface area contributed by atoms with Gasteiger partial charge in [-0.05, 0) is 0 Å². The van der Waals surface area contributed by atoms with Gasteiger partial charge in [0.1, 0.15) is 0 Å². The van der Waals surface area contributed by atoms with Crippen LogP contribution in [0.2, 0.25) is 0 Å². The summed E-state index contributed by atoms with van der Waals surface area (Å²) >= 11 is 0. The lowest BCUT2D eigenvalue weighted by atomic mass is 10.3. The molecule has 17 heavy (non-hydrogen) atoms. The Hall–Kier alpha value is -1.92. The molecule has 0 unspecified atom stereocenters. The number of rotatable bonds is 6. The highest BCUT2D eigenvalue weighted by Gasteiger charge is 2.29. The average Bonchev–Trinajstić information content (AvgIpc) is 2.63. The van der Waals surface area contributed by atoms with Crippen LogP contribution >= 0.6 is 0 Å². The number of nitriles is 2. The number of likely N-dealkylation sites (tertiary alicyclic amines) is 1. The third-order valence-electron chi connectivity index (χ3n) is 2.58. The summed E-state index contributed by atoms with van der Waals surface area (Å²) in [5, 5.41) is 17.0. The second-order valence-corrected chi connectivity index (χ2v) is 3.79. The molecular formula is C11H14N4O2. The summed E-state index contributed by atoms with van der Waals surface area (Å²) in [6, 6.07) is 4.02. The third kappa shape index (κ3) is 3.86. The first-order valence-electron chi connectivity index (χ1n) is 5.48. The second-order valence-electron chi connectivity index (χ2n) is 3.79. The number of imide groups is 1. The van der Waals surface area contributed by atoms with Crippen LogP contribution in [0, 0.1) is 22.7 Å². The van der Waals surface area contributed by atoms with Crippen LogP contribution in [0.3, 0.4) is 0 Å². The molecule has 1 aliphatic rings. The van der Waals surface area contributed by atoms with Gasteiger partial charge in [-0.1, -0.05) is 0 Å². The van der Waals surface area contributed by atoms with Crippen molar-refractivity contribution in [2.45, 2.75) is 25.7 Å². The molecule has 0 aromatic heterocycles. The Balaban J connectivity index is 2.52. The first-order chi connectivity index (χ1) is 8.19. The van der Waals surface area contributed by atoms with Gasteiger partial charge in [-0.2, -0.15) is 10.5 Å². The molecule has 1 rings (SSSR count). The van der Waals surface area contributed by atoms with E-state index < -0.39 is 0 Å². The lowest BCUT2D eigenvalue weighted by Crippen LogP contribution is -2.41. The van der Waals surface area contributed by atoms with E-state index in [1.165, 1.54) is 4.90 Å². The molecule has 0 saturated carbocycles. The smallest absolute Gasteiger partial charge is 0.230 e. The summed E-state index contributed by atoms with van der Waals surface area (Å²) in [5.74, 6) is -0.345. The van der Waals surface area contributed by atoms with Crippen molar-refractivity contribution in [1.82, 2.24) is 9.80 Å². The molecule has 0 atom stereocenters. The predicted molar refractivity (Wildman–Crippen MR) is 58.0 cm³/mol. The molecule has 2 amide bonds. The highest BCUT2D eigenvalue weighted by molar-refractivity contribution is 6.01. The Morgan fingerprint density at radius 3 is 1.94 bits per heavy atom. The van der Waals surface area contributed by atoms with E-state index in [4.69, 9.17) is 10.5 Å². The van der Waals surface area contributed by atoms with Gasteiger partial charge in [0.25, 0.3) is 0 Å². The van der Waals surface area contributed by atoms with Crippen molar-refractivity contribution in [3.8, 4) is 12.1 Å². The quantitative estimate of drug-likeness (QED) is 0.613. The molecule has 0 N–H and O–H groups in total. The van der Waals surface area contributed by atoms with Crippen LogP contribution in [-0.2, 0) is 9.59 Å². The van der Waals surface area contributed by atoms with E-state index in [0.29, 0.717) is 25.9 Å². The van der Waals surface area contributed by atoms with Crippen molar-refractivity contribution in [3.05, 3.63) is 0 Å². The fourth-order valence-corrected chi connectivity index (χ4v) is 1.65. The van der Waals surface area contributed by atoms with Gasteiger partial charge < -0.3 is 0 Å². The van der Waals surface area contributed by atoms with Crippen LogP contribution < -0.4 is 0 Å². The van der Waals surface area contributed by atoms with Gasteiger partial charge in [-0.15, -0.1) is 0 Å². The highest BCUT2D eigenvalue weighted by Crippen LogP contribution is 2.12. The van der Waals surface area contributed by atoms with E-state index in [9.17, 15) is 9.59 Å². The van der Waals surface area contributed by atoms with Gasteiger partial charge in [-0.3, -0.25) is 19.4 Å². The van der Waals surface area contributed by atoms with Crippen molar-refractivity contribution >= 4 is 11.8 Å². The Labute approximate surface area is 100 Å². The van der Waals surface area contributed by atoms with E-state index >= 15 is 0 Å². The summed E-state index contributed by atoms with van der Waals surface area (Å²) in [7, 11) is 0. The third-order valence-corrected chi connectivity index (χ3v) is 2.58. The summed E-state index contributed by atoms with van der Waals surface area (Å²) in [6.07, 6.45) is 1.18. The first kappa shape index (κ1) is 13.1. The van der Waals surface area contributed by atoms with Gasteiger partial charge in [0.2, 0.25) is 11.8 Å². The SMILES string of the molecule is N#CCCN(CCC#N)CN1C(=O)CCC1=O. The number of carbonyl (C=O) groups is 2. The summed E-state index contributed by atoms with van der Waals surface area (Å²) in [4.78, 5) is 25.8. The Morgan fingerprint density at radius 1 is 1.06 bits per heavy atom. The zero-order valence-electron chi connectivity index (χ0n) is 9.56. The molecule has 90 valence electrons. The van der Waals surface area contributed by atoms with E-state index in [0.717, 1.165) is 0 Å². The molecule has 1 fully saturated rings. The predicted octanol–water partition coefficient (Wildman–Crippen LogP) is 0.222. The molecule has 1 saturated heterocycles. The van der Waals surface area contributed by atoms with E-state index in [2.05, 4.69) is 0 Å². The molecule has 0 radical (unpaired) electrons. The molecule has 0 aromatic rings. The number of nitrogens with zero attached hydrogens (tertiary/aromatic N) is 4. The summed E-state index contributed by atoms with van der Waals surface area (Å²) < 4.78 is 0. The molecule has 0 spiro atoms. The van der Waals surface area contributed by atoms with Crippen molar-refractivity contribution in [2.75, 3.05) is 19.8 Å². The number of hydrogen-bond acceptors (Lipinski definition) is 5. The van der Waals surface area contributed by atoms with E-state index in [1.807, 2.05) is 12.1 Å². The van der Waals surface area contributed by atoms with Gasteiger partial charge >= 0.3 is 0 Å². The Morgan fingerprint density at radius 2 is 1.53 bits per heavy atom. The minimum atomic E-state index is -0.172. The normalized spacial score (nSPS) is 15.1. The van der Waals surface area contributed by atoms with Crippen molar-refractivity contribution in [2.24, 2.45) is 0 Å². The lowest BCUT2D eigenvalue weighted by molar-refractivity contribution is -0.140. The average molecular weight is 234 g/mol. The van der Waals surface area contributed by atoms with Crippen LogP contribution in [0.5, 0.6) is 0 Å². The highest BCUT2D eigenvalue weighted by atomic mass is 16.2. The van der Waals surface area contributed by atoms with Crippen LogP contribution in [0.1, 0.15) is 25.7 Å². The first-order valence-corrected chi connectivity index (χ1v) is 5.48. The second kappa shape index (κ2) is 6.62. The van der Waals surface area contributed by atoms with Gasteiger partial charge in [0, 0.05) is 38.8 Å². The summed E-state index contributed by atoms with van der Waals surface area (Å²) in [5.41, 5.74) is 0. The van der Waals surface area contributed by atoms with Crippen LogP contribution in [-0.4, -0.2) is 41.4 Å². The van der Waals surface area contributed by atoms with E-state index in [-0.39, 0.29) is 31.3 Å². The molecule has 0 bridgehead atoms. The summed E-state index contributed by atoms with van der Waals surface area (Å²) in [6.45, 7) is 1.13. The lowest BCUT2D eigenvalue weighted by Gasteiger charge is -2.25. The Bertz CT molecular complexity index is 346. The van der Waals surface area contributed by atoms with Crippen molar-refractivity contribution in [3.63, 3.8) is 0 Å². The number of carbonyl (C=O) groups excluding carboxylic acids is 2. The van der Waals surface area contributed by atoms with Crippen molar-refractivity contribution < 1.29 is 9.59 Å². The van der Waals surface area contributed by atoms with Gasteiger partial charge in [0.15, 0.2) is 0 Å². The monoisotopic (exact) mass is 234 g/mol. The fraction of sp³-hybridized carbons (Fsp3) is 0.636. The van der Waals surface area contributed by atoms with E-state index in [1.54, 1.807) is 4.90 Å². The Kier molecular flexibility index (Phi) is 5.12. The standard InChI is InChI=1S/C11H14N4O2/c12-5-1-7-14(8-2-6-13)9-15-10(16)3-4-11(15)17/h1-4,7-9H2. The molecule has 0 aliphatic carbocycles. The number of hydrogen-bond donors (Lipinski definition) is 0. The van der Waals surface area contributed by atoms with Crippen LogP contribution in [0.4, 0.5) is 0 Å². The molecule has 6 nitrogen and oxygen atoms in total. The zero-order chi connectivity index (χ0) is 12.7. The maximum atomic E-state index is 11.4. The van der Waals surface area contributed by atoms with Gasteiger partial charge in [0.05, 0.1) is 18.8 Å². The topological polar surface area (TPSA) is 88.2 Å². The molecule has 1 aliphatic heterocycles. The molecule has 6 heteroatoms.